The molecule has 34 heavy (non-hydrogen) atoms. The fraction of sp³-hybridized carbons (Fsp3) is 0.731. The lowest BCUT2D eigenvalue weighted by molar-refractivity contribution is -0.182. The predicted octanol–water partition coefficient (Wildman–Crippen LogP) is 1.69. The molecule has 0 amide bonds. The summed E-state index contributed by atoms with van der Waals surface area (Å²) < 4.78 is 0. The van der Waals surface area contributed by atoms with Crippen LogP contribution in [-0.2, 0) is 16.0 Å². The number of allylic oxidation sites excluding steroid dienone is 1. The van der Waals surface area contributed by atoms with Crippen LogP contribution in [0.3, 0.4) is 0 Å². The minimum Gasteiger partial charge on any atom is -0.393 e. The SMILES string of the molecule is C[C@]12CCC(=O)C=C1CC[C@@H]1[C@@H]2[C@@H](O)C[C@@]2(C)[C@H]1CC[C@]2(O)C(=O)CO.NCCc1c[nH]cn1. The van der Waals surface area contributed by atoms with E-state index in [1.807, 2.05) is 13.1 Å². The van der Waals surface area contributed by atoms with E-state index in [-0.39, 0.29) is 29.0 Å². The average Bonchev–Trinajstić information content (AvgIpc) is 3.40. The summed E-state index contributed by atoms with van der Waals surface area (Å²) in [5, 5.41) is 31.7. The maximum atomic E-state index is 12.4. The number of H-pyrrole nitrogens is 1. The number of aromatic nitrogens is 2. The molecule has 0 spiro atoms. The van der Waals surface area contributed by atoms with E-state index in [0.717, 1.165) is 37.8 Å². The number of imidazole rings is 1. The molecular weight excluding hydrogens is 434 g/mol. The van der Waals surface area contributed by atoms with Crippen LogP contribution in [0, 0.1) is 28.6 Å². The standard InChI is InChI=1S/C21H30O5.C5H9N3/c1-19-7-5-13(23)9-12(19)3-4-14-15-6-8-21(26,17(25)11-22)20(15,2)10-16(24)18(14)19;6-2-1-5-3-7-4-8-5/h9,14-16,18,22,24,26H,3-8,10-11H2,1-2H3;3-4H,1-2,6H2,(H,7,8)/t14-,15-,16-,18+,19-,20-,21-;/m0./s1. The highest BCUT2D eigenvalue weighted by atomic mass is 16.3. The molecule has 188 valence electrons. The summed E-state index contributed by atoms with van der Waals surface area (Å²) in [6.45, 7) is 4.13. The number of carbonyl (C=O) groups excluding carboxylic acids is 2. The fourth-order valence-corrected chi connectivity index (χ4v) is 7.86. The number of Topliss-reactive ketones (excluding diaryl/α,β-unsaturated/α-hetero) is 1. The zero-order valence-electron chi connectivity index (χ0n) is 20.3. The van der Waals surface area contributed by atoms with Crippen LogP contribution in [-0.4, -0.2) is 61.7 Å². The molecule has 0 unspecified atom stereocenters. The second-order valence-corrected chi connectivity index (χ2v) is 11.2. The molecule has 1 heterocycles. The van der Waals surface area contributed by atoms with Crippen LogP contribution >= 0.6 is 0 Å². The van der Waals surface area contributed by atoms with Gasteiger partial charge in [0.05, 0.1) is 18.1 Å². The van der Waals surface area contributed by atoms with Gasteiger partial charge in [0.15, 0.2) is 11.6 Å². The Balaban J connectivity index is 0.000000291. The molecule has 1 aromatic heterocycles. The van der Waals surface area contributed by atoms with Crippen molar-refractivity contribution in [2.24, 2.45) is 34.3 Å². The van der Waals surface area contributed by atoms with E-state index >= 15 is 0 Å². The molecule has 7 atom stereocenters. The molecule has 0 bridgehead atoms. The number of aliphatic hydroxyl groups excluding tert-OH is 2. The molecule has 0 radical (unpaired) electrons. The van der Waals surface area contributed by atoms with Crippen molar-refractivity contribution in [3.63, 3.8) is 0 Å². The van der Waals surface area contributed by atoms with Crippen LogP contribution in [0.15, 0.2) is 24.2 Å². The average molecular weight is 474 g/mol. The Labute approximate surface area is 201 Å². The molecule has 8 heteroatoms. The van der Waals surface area contributed by atoms with E-state index in [4.69, 9.17) is 5.73 Å². The highest BCUT2D eigenvalue weighted by molar-refractivity contribution is 5.91. The van der Waals surface area contributed by atoms with Crippen LogP contribution in [0.2, 0.25) is 0 Å². The molecular formula is C26H39N3O5. The van der Waals surface area contributed by atoms with Crippen LogP contribution in [0.25, 0.3) is 0 Å². The van der Waals surface area contributed by atoms with Crippen molar-refractivity contribution in [3.05, 3.63) is 29.9 Å². The Morgan fingerprint density at radius 1 is 1.26 bits per heavy atom. The number of aliphatic hydroxyl groups is 3. The van der Waals surface area contributed by atoms with Gasteiger partial charge < -0.3 is 26.0 Å². The minimum absolute atomic E-state index is 0.0697. The number of nitrogens with zero attached hydrogens (tertiary/aromatic N) is 1. The third kappa shape index (κ3) is 3.88. The Kier molecular flexibility index (Phi) is 6.90. The van der Waals surface area contributed by atoms with Crippen LogP contribution < -0.4 is 5.73 Å². The summed E-state index contributed by atoms with van der Waals surface area (Å²) in [7, 11) is 0. The van der Waals surface area contributed by atoms with Gasteiger partial charge >= 0.3 is 0 Å². The van der Waals surface area contributed by atoms with Gasteiger partial charge in [-0.1, -0.05) is 19.4 Å². The number of nitrogens with two attached hydrogens (primary N) is 1. The Hall–Kier alpha value is -1.87. The van der Waals surface area contributed by atoms with E-state index in [9.17, 15) is 24.9 Å². The second-order valence-electron chi connectivity index (χ2n) is 11.2. The van der Waals surface area contributed by atoms with E-state index in [2.05, 4.69) is 16.9 Å². The summed E-state index contributed by atoms with van der Waals surface area (Å²) in [6, 6.07) is 0. The molecule has 0 saturated heterocycles. The smallest absolute Gasteiger partial charge is 0.190 e. The molecule has 0 aromatic carbocycles. The second kappa shape index (κ2) is 9.30. The number of hydrogen-bond donors (Lipinski definition) is 5. The Morgan fingerprint density at radius 3 is 2.68 bits per heavy atom. The maximum Gasteiger partial charge on any atom is 0.190 e. The third-order valence-corrected chi connectivity index (χ3v) is 9.61. The van der Waals surface area contributed by atoms with Gasteiger partial charge in [0.2, 0.25) is 0 Å². The molecule has 6 N–H and O–H groups in total. The van der Waals surface area contributed by atoms with Gasteiger partial charge in [-0.15, -0.1) is 0 Å². The van der Waals surface area contributed by atoms with Gasteiger partial charge in [-0.3, -0.25) is 9.59 Å². The zero-order chi connectivity index (χ0) is 24.7. The largest absolute Gasteiger partial charge is 0.393 e. The summed E-state index contributed by atoms with van der Waals surface area (Å²) in [5.41, 5.74) is 5.07. The molecule has 4 aliphatic carbocycles. The summed E-state index contributed by atoms with van der Waals surface area (Å²) >= 11 is 0. The van der Waals surface area contributed by atoms with Crippen molar-refractivity contribution in [2.45, 2.75) is 76.9 Å². The number of nitrogens with one attached hydrogen (secondary N) is 1. The lowest BCUT2D eigenvalue weighted by Gasteiger charge is -2.60. The number of hydrogen-bond acceptors (Lipinski definition) is 7. The van der Waals surface area contributed by atoms with Gasteiger partial charge in [-0.25, -0.2) is 4.98 Å². The minimum atomic E-state index is -1.54. The van der Waals surface area contributed by atoms with Gasteiger partial charge in [0, 0.05) is 24.5 Å². The quantitative estimate of drug-likeness (QED) is 0.447. The van der Waals surface area contributed by atoms with Gasteiger partial charge in [-0.2, -0.15) is 0 Å². The molecule has 4 aliphatic rings. The Bertz CT molecular complexity index is 946. The van der Waals surface area contributed by atoms with E-state index in [0.29, 0.717) is 25.8 Å². The predicted molar refractivity (Wildman–Crippen MR) is 126 cm³/mol. The molecule has 8 nitrogen and oxygen atoms in total. The molecule has 0 aliphatic heterocycles. The molecule has 1 aromatic rings. The van der Waals surface area contributed by atoms with E-state index < -0.39 is 29.5 Å². The molecule has 5 rings (SSSR count). The Morgan fingerprint density at radius 2 is 2.03 bits per heavy atom. The maximum absolute atomic E-state index is 12.4. The number of fused-ring (bicyclic) bond motifs is 5. The first-order chi connectivity index (χ1) is 16.1. The molecule has 3 saturated carbocycles. The van der Waals surface area contributed by atoms with Crippen LogP contribution in [0.4, 0.5) is 0 Å². The number of rotatable bonds is 4. The van der Waals surface area contributed by atoms with Crippen molar-refractivity contribution in [1.82, 2.24) is 9.97 Å². The number of carbonyl (C=O) groups is 2. The lowest BCUT2D eigenvalue weighted by atomic mass is 9.45. The van der Waals surface area contributed by atoms with Crippen LogP contribution in [0.1, 0.15) is 64.5 Å². The van der Waals surface area contributed by atoms with Crippen molar-refractivity contribution >= 4 is 11.6 Å². The summed E-state index contributed by atoms with van der Waals surface area (Å²) in [4.78, 5) is 31.1. The normalized spacial score (nSPS) is 40.9. The zero-order valence-corrected chi connectivity index (χ0v) is 20.3. The van der Waals surface area contributed by atoms with Gasteiger partial charge in [0.1, 0.15) is 12.2 Å². The van der Waals surface area contributed by atoms with Crippen molar-refractivity contribution in [2.75, 3.05) is 13.2 Å². The number of aromatic amines is 1. The first-order valence-electron chi connectivity index (χ1n) is 12.6. The first kappa shape index (κ1) is 25.2. The first-order valence-corrected chi connectivity index (χ1v) is 12.6. The van der Waals surface area contributed by atoms with E-state index in [1.165, 1.54) is 5.57 Å². The van der Waals surface area contributed by atoms with Gasteiger partial charge in [0.25, 0.3) is 0 Å². The number of ketones is 2. The summed E-state index contributed by atoms with van der Waals surface area (Å²) in [5.74, 6) is 0.140. The molecule has 3 fully saturated rings. The van der Waals surface area contributed by atoms with Crippen LogP contribution in [0.5, 0.6) is 0 Å². The van der Waals surface area contributed by atoms with Crippen molar-refractivity contribution in [1.29, 1.82) is 0 Å². The highest BCUT2D eigenvalue weighted by Crippen LogP contribution is 2.67. The fourth-order valence-electron chi connectivity index (χ4n) is 7.86. The summed E-state index contributed by atoms with van der Waals surface area (Å²) in [6.07, 6.45) is 10.1. The third-order valence-electron chi connectivity index (χ3n) is 9.61. The van der Waals surface area contributed by atoms with E-state index in [1.54, 1.807) is 12.4 Å². The monoisotopic (exact) mass is 473 g/mol. The van der Waals surface area contributed by atoms with Crippen molar-refractivity contribution in [3.8, 4) is 0 Å². The topological polar surface area (TPSA) is 150 Å². The highest BCUT2D eigenvalue weighted by Gasteiger charge is 2.68. The van der Waals surface area contributed by atoms with Crippen molar-refractivity contribution < 1.29 is 24.9 Å². The lowest BCUT2D eigenvalue weighted by Crippen LogP contribution is -2.62. The van der Waals surface area contributed by atoms with Gasteiger partial charge in [-0.05, 0) is 74.3 Å².